The summed E-state index contributed by atoms with van der Waals surface area (Å²) in [5, 5.41) is 5.90. The predicted molar refractivity (Wildman–Crippen MR) is 80.3 cm³/mol. The number of rotatable bonds is 7. The highest BCUT2D eigenvalue weighted by Gasteiger charge is 2.06. The molecule has 0 radical (unpaired) electrons. The monoisotopic (exact) mass is 278 g/mol. The number of hydrogen-bond acceptors (Lipinski definition) is 4. The van der Waals surface area contributed by atoms with Crippen LogP contribution in [0.2, 0.25) is 0 Å². The lowest BCUT2D eigenvalue weighted by Gasteiger charge is -2.11. The third-order valence-corrected chi connectivity index (χ3v) is 2.71. The van der Waals surface area contributed by atoms with Crippen molar-refractivity contribution in [2.75, 3.05) is 24.1 Å². The van der Waals surface area contributed by atoms with E-state index in [0.717, 1.165) is 0 Å². The van der Waals surface area contributed by atoms with E-state index in [1.807, 2.05) is 13.8 Å². The van der Waals surface area contributed by atoms with Gasteiger partial charge in [0.1, 0.15) is 0 Å². The molecule has 0 fully saturated rings. The Kier molecular flexibility index (Phi) is 5.83. The molecule has 1 aromatic carbocycles. The molecule has 0 spiro atoms. The van der Waals surface area contributed by atoms with Gasteiger partial charge in [0.2, 0.25) is 11.8 Å². The molecule has 0 aliphatic heterocycles. The minimum absolute atomic E-state index is 0.00136. The van der Waals surface area contributed by atoms with E-state index in [2.05, 4.69) is 10.6 Å². The molecule has 1 aromatic rings. The van der Waals surface area contributed by atoms with Gasteiger partial charge in [-0.1, -0.05) is 13.8 Å². The zero-order valence-electron chi connectivity index (χ0n) is 11.9. The SMILES string of the molecule is CC(C)CNC(=O)CCNc1ccc(C(N)=O)cc1N. The van der Waals surface area contributed by atoms with Crippen molar-refractivity contribution in [3.8, 4) is 0 Å². The Bertz CT molecular complexity index is 486. The summed E-state index contributed by atoms with van der Waals surface area (Å²) in [6, 6.07) is 4.80. The van der Waals surface area contributed by atoms with Crippen LogP contribution in [0.25, 0.3) is 0 Å². The first-order valence-electron chi connectivity index (χ1n) is 6.60. The molecule has 0 atom stereocenters. The van der Waals surface area contributed by atoms with E-state index in [-0.39, 0.29) is 5.91 Å². The first-order chi connectivity index (χ1) is 9.40. The Hall–Kier alpha value is -2.24. The number of anilines is 2. The normalized spacial score (nSPS) is 10.3. The van der Waals surface area contributed by atoms with Gasteiger partial charge in [-0.15, -0.1) is 0 Å². The highest BCUT2D eigenvalue weighted by Crippen LogP contribution is 2.19. The molecular formula is C14H22N4O2. The zero-order chi connectivity index (χ0) is 15.1. The van der Waals surface area contributed by atoms with Gasteiger partial charge in [0.05, 0.1) is 11.4 Å². The van der Waals surface area contributed by atoms with E-state index in [9.17, 15) is 9.59 Å². The number of primary amides is 1. The van der Waals surface area contributed by atoms with Crippen molar-refractivity contribution in [2.24, 2.45) is 11.7 Å². The fraction of sp³-hybridized carbons (Fsp3) is 0.429. The Morgan fingerprint density at radius 1 is 1.30 bits per heavy atom. The van der Waals surface area contributed by atoms with Crippen molar-refractivity contribution in [3.05, 3.63) is 23.8 Å². The maximum Gasteiger partial charge on any atom is 0.248 e. The van der Waals surface area contributed by atoms with Gasteiger partial charge in [-0.3, -0.25) is 9.59 Å². The average molecular weight is 278 g/mol. The van der Waals surface area contributed by atoms with Crippen molar-refractivity contribution in [1.29, 1.82) is 0 Å². The van der Waals surface area contributed by atoms with Crippen molar-refractivity contribution in [3.63, 3.8) is 0 Å². The first kappa shape index (κ1) is 15.8. The van der Waals surface area contributed by atoms with E-state index >= 15 is 0 Å². The molecule has 0 aliphatic rings. The zero-order valence-corrected chi connectivity index (χ0v) is 11.9. The van der Waals surface area contributed by atoms with E-state index < -0.39 is 5.91 Å². The summed E-state index contributed by atoms with van der Waals surface area (Å²) < 4.78 is 0. The minimum atomic E-state index is -0.517. The summed E-state index contributed by atoms with van der Waals surface area (Å²) in [6.45, 7) is 5.23. The largest absolute Gasteiger partial charge is 0.397 e. The molecule has 6 N–H and O–H groups in total. The molecule has 0 saturated carbocycles. The topological polar surface area (TPSA) is 110 Å². The van der Waals surface area contributed by atoms with Gasteiger partial charge in [0.25, 0.3) is 0 Å². The van der Waals surface area contributed by atoms with Crippen LogP contribution >= 0.6 is 0 Å². The standard InChI is InChI=1S/C14H22N4O2/c1-9(2)8-18-13(19)5-6-17-12-4-3-10(14(16)20)7-11(12)15/h3-4,7,9,17H,5-6,8,15H2,1-2H3,(H2,16,20)(H,18,19). The summed E-state index contributed by atoms with van der Waals surface area (Å²) in [5.74, 6) is -0.0845. The Balaban J connectivity index is 2.42. The number of amides is 2. The van der Waals surface area contributed by atoms with Crippen LogP contribution in [0.5, 0.6) is 0 Å². The van der Waals surface area contributed by atoms with Crippen LogP contribution in [-0.2, 0) is 4.79 Å². The summed E-state index contributed by atoms with van der Waals surface area (Å²) in [6.07, 6.45) is 0.365. The van der Waals surface area contributed by atoms with Crippen molar-refractivity contribution < 1.29 is 9.59 Å². The summed E-state index contributed by atoms with van der Waals surface area (Å²) >= 11 is 0. The number of nitrogens with two attached hydrogens (primary N) is 2. The smallest absolute Gasteiger partial charge is 0.248 e. The molecule has 0 bridgehead atoms. The summed E-state index contributed by atoms with van der Waals surface area (Å²) in [7, 11) is 0. The lowest BCUT2D eigenvalue weighted by atomic mass is 10.1. The van der Waals surface area contributed by atoms with E-state index in [1.54, 1.807) is 12.1 Å². The molecule has 6 nitrogen and oxygen atoms in total. The second-order valence-corrected chi connectivity index (χ2v) is 5.04. The van der Waals surface area contributed by atoms with Crippen LogP contribution in [0.1, 0.15) is 30.6 Å². The maximum atomic E-state index is 11.5. The highest BCUT2D eigenvalue weighted by atomic mass is 16.1. The number of benzene rings is 1. The van der Waals surface area contributed by atoms with Gasteiger partial charge in [0.15, 0.2) is 0 Å². The van der Waals surface area contributed by atoms with E-state index in [1.165, 1.54) is 6.07 Å². The molecule has 0 saturated heterocycles. The average Bonchev–Trinajstić information content (AvgIpc) is 2.38. The third kappa shape index (κ3) is 5.17. The van der Waals surface area contributed by atoms with E-state index in [4.69, 9.17) is 11.5 Å². The second kappa shape index (κ2) is 7.37. The van der Waals surface area contributed by atoms with Gasteiger partial charge in [-0.2, -0.15) is 0 Å². The van der Waals surface area contributed by atoms with Gasteiger partial charge in [-0.25, -0.2) is 0 Å². The molecule has 0 aliphatic carbocycles. The van der Waals surface area contributed by atoms with Crippen molar-refractivity contribution in [2.45, 2.75) is 20.3 Å². The number of nitrogen functional groups attached to an aromatic ring is 1. The number of carbonyl (C=O) groups is 2. The molecule has 0 unspecified atom stereocenters. The number of hydrogen-bond donors (Lipinski definition) is 4. The maximum absolute atomic E-state index is 11.5. The van der Waals surface area contributed by atoms with Gasteiger partial charge in [0, 0.05) is 25.1 Å². The Morgan fingerprint density at radius 3 is 2.55 bits per heavy atom. The van der Waals surface area contributed by atoms with Gasteiger partial charge < -0.3 is 22.1 Å². The van der Waals surface area contributed by atoms with E-state index in [0.29, 0.717) is 42.4 Å². The molecular weight excluding hydrogens is 256 g/mol. The highest BCUT2D eigenvalue weighted by molar-refractivity contribution is 5.94. The summed E-state index contributed by atoms with van der Waals surface area (Å²) in [5.41, 5.74) is 12.5. The first-order valence-corrected chi connectivity index (χ1v) is 6.60. The van der Waals surface area contributed by atoms with Crippen LogP contribution in [-0.4, -0.2) is 24.9 Å². The Labute approximate surface area is 118 Å². The second-order valence-electron chi connectivity index (χ2n) is 5.04. The van der Waals surface area contributed by atoms with Crippen molar-refractivity contribution in [1.82, 2.24) is 5.32 Å². The number of carbonyl (C=O) groups excluding carboxylic acids is 2. The Morgan fingerprint density at radius 2 is 2.00 bits per heavy atom. The van der Waals surface area contributed by atoms with Crippen LogP contribution in [0.3, 0.4) is 0 Å². The van der Waals surface area contributed by atoms with Gasteiger partial charge in [-0.05, 0) is 24.1 Å². The molecule has 6 heteroatoms. The van der Waals surface area contributed by atoms with Gasteiger partial charge >= 0.3 is 0 Å². The molecule has 2 amide bonds. The molecule has 0 aromatic heterocycles. The fourth-order valence-electron chi connectivity index (χ4n) is 1.59. The van der Waals surface area contributed by atoms with Crippen LogP contribution in [0.15, 0.2) is 18.2 Å². The molecule has 20 heavy (non-hydrogen) atoms. The van der Waals surface area contributed by atoms with Crippen LogP contribution < -0.4 is 22.1 Å². The molecule has 0 heterocycles. The summed E-state index contributed by atoms with van der Waals surface area (Å²) in [4.78, 5) is 22.5. The minimum Gasteiger partial charge on any atom is -0.397 e. The number of nitrogens with one attached hydrogen (secondary N) is 2. The lowest BCUT2D eigenvalue weighted by molar-refractivity contribution is -0.120. The van der Waals surface area contributed by atoms with Crippen LogP contribution in [0, 0.1) is 5.92 Å². The predicted octanol–water partition coefficient (Wildman–Crippen LogP) is 0.942. The lowest BCUT2D eigenvalue weighted by Crippen LogP contribution is -2.28. The third-order valence-electron chi connectivity index (χ3n) is 2.71. The van der Waals surface area contributed by atoms with Crippen molar-refractivity contribution >= 4 is 23.2 Å². The molecule has 1 rings (SSSR count). The molecule has 110 valence electrons. The fourth-order valence-corrected chi connectivity index (χ4v) is 1.59. The van der Waals surface area contributed by atoms with Crippen LogP contribution in [0.4, 0.5) is 11.4 Å². The quantitative estimate of drug-likeness (QED) is 0.556.